The molecule has 3 heterocycles. The number of esters is 1. The van der Waals surface area contributed by atoms with Crippen LogP contribution in [-0.4, -0.2) is 43.3 Å². The lowest BCUT2D eigenvalue weighted by atomic mass is 10.1. The molecule has 0 N–H and O–H groups in total. The summed E-state index contributed by atoms with van der Waals surface area (Å²) in [6, 6.07) is 0. The van der Waals surface area contributed by atoms with Gasteiger partial charge in [0.1, 0.15) is 4.88 Å². The normalized spacial score (nSPS) is 12.5. The Labute approximate surface area is 132 Å². The lowest BCUT2D eigenvalue weighted by molar-refractivity contribution is 0.0607. The summed E-state index contributed by atoms with van der Waals surface area (Å²) >= 11 is 1.25. The maximum absolute atomic E-state index is 12.1. The fourth-order valence-electron chi connectivity index (χ4n) is 2.07. The number of carbonyl (C=O) groups excluding carboxylic acids is 1. The molecule has 0 saturated carbocycles. The number of hydrogen-bond acceptors (Lipinski definition) is 7. The van der Waals surface area contributed by atoms with Crippen molar-refractivity contribution in [3.8, 4) is 11.1 Å². The Bertz CT molecular complexity index is 900. The summed E-state index contributed by atoms with van der Waals surface area (Å²) in [6.45, 7) is 0. The summed E-state index contributed by atoms with van der Waals surface area (Å²) in [5.41, 5.74) is 1.97. The second-order valence-corrected chi connectivity index (χ2v) is 6.85. The summed E-state index contributed by atoms with van der Waals surface area (Å²) in [5, 5.41) is 4.36. The Morgan fingerprint density at radius 3 is 2.77 bits per heavy atom. The van der Waals surface area contributed by atoms with Crippen LogP contribution in [0.2, 0.25) is 0 Å². The van der Waals surface area contributed by atoms with Gasteiger partial charge in [-0.15, -0.1) is 11.3 Å². The van der Waals surface area contributed by atoms with Crippen molar-refractivity contribution >= 4 is 38.3 Å². The number of ether oxygens (including phenoxy) is 1. The number of fused-ring (bicyclic) bond motifs is 1. The minimum atomic E-state index is -1.30. The molecule has 22 heavy (non-hydrogen) atoms. The zero-order valence-electron chi connectivity index (χ0n) is 12.1. The molecule has 7 nitrogen and oxygen atoms in total. The van der Waals surface area contributed by atoms with Gasteiger partial charge in [-0.25, -0.2) is 14.8 Å². The third kappa shape index (κ3) is 2.42. The van der Waals surface area contributed by atoms with Gasteiger partial charge in [-0.3, -0.25) is 8.89 Å². The average molecular weight is 336 g/mol. The van der Waals surface area contributed by atoms with E-state index < -0.39 is 16.8 Å². The monoisotopic (exact) mass is 336 g/mol. The number of hydrogen-bond donors (Lipinski definition) is 0. The highest BCUT2D eigenvalue weighted by Gasteiger charge is 2.23. The number of nitrogens with zero attached hydrogens (tertiary/aromatic N) is 4. The molecule has 3 aromatic rings. The van der Waals surface area contributed by atoms with Crippen molar-refractivity contribution in [1.29, 1.82) is 0 Å². The van der Waals surface area contributed by atoms with Gasteiger partial charge in [0.15, 0.2) is 0 Å². The minimum absolute atomic E-state index is 0.229. The number of carbonyl (C=O) groups is 1. The summed E-state index contributed by atoms with van der Waals surface area (Å²) in [7, 11) is 1.82. The van der Waals surface area contributed by atoms with E-state index in [1.165, 1.54) is 24.7 Å². The van der Waals surface area contributed by atoms with Gasteiger partial charge in [-0.05, 0) is 0 Å². The first kappa shape index (κ1) is 14.8. The maximum atomic E-state index is 12.1. The van der Waals surface area contributed by atoms with E-state index in [1.54, 1.807) is 30.3 Å². The molecule has 0 aliphatic rings. The quantitative estimate of drug-likeness (QED) is 0.533. The molecule has 0 unspecified atom stereocenters. The molecule has 0 spiro atoms. The predicted molar refractivity (Wildman–Crippen MR) is 83.3 cm³/mol. The Hall–Kier alpha value is -2.13. The zero-order valence-corrected chi connectivity index (χ0v) is 13.7. The second kappa shape index (κ2) is 5.58. The second-order valence-electron chi connectivity index (χ2n) is 4.52. The van der Waals surface area contributed by atoms with Gasteiger partial charge in [-0.1, -0.05) is 0 Å². The zero-order chi connectivity index (χ0) is 15.9. The van der Waals surface area contributed by atoms with Gasteiger partial charge in [0.25, 0.3) is 0 Å². The molecule has 0 bridgehead atoms. The highest BCUT2D eigenvalue weighted by atomic mass is 32.2. The third-order valence-corrected chi connectivity index (χ3v) is 4.83. The van der Waals surface area contributed by atoms with Crippen LogP contribution in [0.25, 0.3) is 21.3 Å². The van der Waals surface area contributed by atoms with E-state index in [-0.39, 0.29) is 5.16 Å². The van der Waals surface area contributed by atoms with Crippen LogP contribution in [-0.2, 0) is 22.6 Å². The number of aryl methyl sites for hydroxylation is 1. The van der Waals surface area contributed by atoms with Crippen molar-refractivity contribution < 1.29 is 13.7 Å². The number of aromatic nitrogens is 4. The van der Waals surface area contributed by atoms with Gasteiger partial charge < -0.3 is 4.74 Å². The smallest absolute Gasteiger partial charge is 0.348 e. The first-order chi connectivity index (χ1) is 10.5. The van der Waals surface area contributed by atoms with Crippen molar-refractivity contribution in [2.75, 3.05) is 13.4 Å². The molecule has 0 aliphatic carbocycles. The van der Waals surface area contributed by atoms with Gasteiger partial charge >= 0.3 is 5.97 Å². The fourth-order valence-corrected chi connectivity index (χ4v) is 3.54. The van der Waals surface area contributed by atoms with Crippen LogP contribution < -0.4 is 0 Å². The van der Waals surface area contributed by atoms with Crippen LogP contribution >= 0.6 is 11.3 Å². The van der Waals surface area contributed by atoms with Gasteiger partial charge in [-0.2, -0.15) is 5.10 Å². The molecule has 0 aromatic carbocycles. The number of thiophene rings is 1. The topological polar surface area (TPSA) is 87.0 Å². The van der Waals surface area contributed by atoms with E-state index in [1.807, 2.05) is 0 Å². The first-order valence-corrected chi connectivity index (χ1v) is 8.59. The van der Waals surface area contributed by atoms with Crippen LogP contribution in [0.4, 0.5) is 0 Å². The molecule has 114 valence electrons. The van der Waals surface area contributed by atoms with E-state index in [2.05, 4.69) is 15.1 Å². The standard InChI is InChI=1S/C13H12N4O3S2/c1-17-6-7(4-15-17)9-10-8(21-11(9)12(18)20-2)5-14-13(16-10)22(3)19/h4-6H,1-3H3/t22-/m0/s1. The highest BCUT2D eigenvalue weighted by molar-refractivity contribution is 7.84. The molecule has 0 radical (unpaired) electrons. The lowest BCUT2D eigenvalue weighted by Gasteiger charge is -2.00. The summed E-state index contributed by atoms with van der Waals surface area (Å²) in [4.78, 5) is 20.9. The van der Waals surface area contributed by atoms with E-state index in [9.17, 15) is 9.00 Å². The lowest BCUT2D eigenvalue weighted by Crippen LogP contribution is -2.00. The molecule has 0 amide bonds. The highest BCUT2D eigenvalue weighted by Crippen LogP contribution is 2.37. The van der Waals surface area contributed by atoms with Crippen molar-refractivity contribution in [3.05, 3.63) is 23.5 Å². The number of methoxy groups -OCH3 is 1. The molecular formula is C13H12N4O3S2. The van der Waals surface area contributed by atoms with E-state index in [0.717, 1.165) is 10.3 Å². The van der Waals surface area contributed by atoms with E-state index >= 15 is 0 Å². The number of rotatable bonds is 3. The molecular weight excluding hydrogens is 324 g/mol. The fraction of sp³-hybridized carbons (Fsp3) is 0.231. The van der Waals surface area contributed by atoms with Crippen molar-refractivity contribution in [1.82, 2.24) is 19.7 Å². The largest absolute Gasteiger partial charge is 0.465 e. The van der Waals surface area contributed by atoms with Crippen LogP contribution in [0.15, 0.2) is 23.7 Å². The Morgan fingerprint density at radius 2 is 2.18 bits per heavy atom. The third-order valence-electron chi connectivity index (χ3n) is 3.03. The van der Waals surface area contributed by atoms with Crippen LogP contribution in [0.3, 0.4) is 0 Å². The summed E-state index contributed by atoms with van der Waals surface area (Å²) in [5.74, 6) is -0.443. The molecule has 0 fully saturated rings. The van der Waals surface area contributed by atoms with Crippen molar-refractivity contribution in [3.63, 3.8) is 0 Å². The molecule has 3 rings (SSSR count). The van der Waals surface area contributed by atoms with E-state index in [4.69, 9.17) is 4.74 Å². The Kier molecular flexibility index (Phi) is 3.75. The van der Waals surface area contributed by atoms with Gasteiger partial charge in [0.2, 0.25) is 5.16 Å². The first-order valence-electron chi connectivity index (χ1n) is 6.21. The summed E-state index contributed by atoms with van der Waals surface area (Å²) < 4.78 is 18.8. The molecule has 1 atom stereocenters. The van der Waals surface area contributed by atoms with Gasteiger partial charge in [0, 0.05) is 36.8 Å². The maximum Gasteiger partial charge on any atom is 0.348 e. The average Bonchev–Trinajstić information content (AvgIpc) is 3.08. The Balaban J connectivity index is 2.34. The van der Waals surface area contributed by atoms with Crippen LogP contribution in [0.1, 0.15) is 9.67 Å². The minimum Gasteiger partial charge on any atom is -0.465 e. The molecule has 0 saturated heterocycles. The molecule has 3 aromatic heterocycles. The summed E-state index contributed by atoms with van der Waals surface area (Å²) in [6.07, 6.45) is 6.53. The van der Waals surface area contributed by atoms with Crippen LogP contribution in [0.5, 0.6) is 0 Å². The van der Waals surface area contributed by atoms with Crippen molar-refractivity contribution in [2.45, 2.75) is 5.16 Å². The van der Waals surface area contributed by atoms with Crippen LogP contribution in [0, 0.1) is 0 Å². The van der Waals surface area contributed by atoms with Gasteiger partial charge in [0.05, 0.1) is 34.3 Å². The van der Waals surface area contributed by atoms with Crippen molar-refractivity contribution in [2.24, 2.45) is 7.05 Å². The Morgan fingerprint density at radius 1 is 1.41 bits per heavy atom. The van der Waals surface area contributed by atoms with E-state index in [0.29, 0.717) is 16.0 Å². The molecule has 0 aliphatic heterocycles. The SMILES string of the molecule is COC(=O)c1sc2cnc([S@](C)=O)nc2c1-c1cnn(C)c1. The predicted octanol–water partition coefficient (Wildman–Crippen LogP) is 1.62. The molecule has 9 heteroatoms.